The number of para-hydroxylation sites is 2. The van der Waals surface area contributed by atoms with Gasteiger partial charge in [0.1, 0.15) is 5.69 Å². The molecule has 1 saturated heterocycles. The summed E-state index contributed by atoms with van der Waals surface area (Å²) < 4.78 is 45.5. The molecule has 0 radical (unpaired) electrons. The zero-order chi connectivity index (χ0) is 21.6. The van der Waals surface area contributed by atoms with Crippen molar-refractivity contribution in [1.29, 1.82) is 0 Å². The van der Waals surface area contributed by atoms with Gasteiger partial charge in [-0.2, -0.15) is 13.2 Å². The van der Waals surface area contributed by atoms with E-state index in [2.05, 4.69) is 10.1 Å². The Kier molecular flexibility index (Phi) is 4.81. The molecule has 4 aromatic rings. The molecule has 0 unspecified atom stereocenters. The lowest BCUT2D eigenvalue weighted by atomic mass is 10.1. The van der Waals surface area contributed by atoms with E-state index in [-0.39, 0.29) is 17.8 Å². The van der Waals surface area contributed by atoms with Gasteiger partial charge in [-0.25, -0.2) is 4.98 Å². The van der Waals surface area contributed by atoms with Gasteiger partial charge in [-0.3, -0.25) is 4.79 Å². The Morgan fingerprint density at radius 1 is 1.06 bits per heavy atom. The molecule has 1 fully saturated rings. The van der Waals surface area contributed by atoms with Gasteiger partial charge >= 0.3 is 6.18 Å². The standard InChI is InChI=1S/C21H17F3N4O2S/c22-21(23,24)14-5-3-7-17-19(14)25-20(31-17)28-10-8-27(9-11-28)18(29)12-15-13-4-1-2-6-16(13)30-26-15/h1-7H,8-12H2. The van der Waals surface area contributed by atoms with Crippen molar-refractivity contribution in [3.63, 3.8) is 0 Å². The summed E-state index contributed by atoms with van der Waals surface area (Å²) in [5.41, 5.74) is 0.505. The first kappa shape index (κ1) is 19.8. The maximum Gasteiger partial charge on any atom is 0.418 e. The number of amides is 1. The second-order valence-corrected chi connectivity index (χ2v) is 8.33. The van der Waals surface area contributed by atoms with Crippen molar-refractivity contribution in [2.75, 3.05) is 31.1 Å². The molecule has 2 aromatic heterocycles. The van der Waals surface area contributed by atoms with Crippen LogP contribution in [0, 0.1) is 0 Å². The summed E-state index contributed by atoms with van der Waals surface area (Å²) in [5.74, 6) is -0.0534. The summed E-state index contributed by atoms with van der Waals surface area (Å²) in [6, 6.07) is 11.5. The van der Waals surface area contributed by atoms with Crippen LogP contribution in [-0.4, -0.2) is 47.1 Å². The monoisotopic (exact) mass is 446 g/mol. The van der Waals surface area contributed by atoms with Gasteiger partial charge in [0.05, 0.1) is 22.2 Å². The van der Waals surface area contributed by atoms with Crippen molar-refractivity contribution in [3.05, 3.63) is 53.7 Å². The number of hydrogen-bond donors (Lipinski definition) is 0. The van der Waals surface area contributed by atoms with Crippen LogP contribution in [0.2, 0.25) is 0 Å². The highest BCUT2D eigenvalue weighted by Gasteiger charge is 2.34. The van der Waals surface area contributed by atoms with Crippen molar-refractivity contribution >= 4 is 43.6 Å². The first-order valence-electron chi connectivity index (χ1n) is 9.73. The van der Waals surface area contributed by atoms with Crippen LogP contribution in [0.3, 0.4) is 0 Å². The van der Waals surface area contributed by atoms with Crippen molar-refractivity contribution in [1.82, 2.24) is 15.0 Å². The highest BCUT2D eigenvalue weighted by Crippen LogP contribution is 2.38. The predicted molar refractivity (Wildman–Crippen MR) is 111 cm³/mol. The highest BCUT2D eigenvalue weighted by atomic mass is 32.1. The molecule has 31 heavy (non-hydrogen) atoms. The Balaban J connectivity index is 1.27. The number of halogens is 3. The number of carbonyl (C=O) groups excluding carboxylic acids is 1. The molecule has 0 atom stereocenters. The molecule has 1 aliphatic heterocycles. The number of fused-ring (bicyclic) bond motifs is 2. The lowest BCUT2D eigenvalue weighted by Gasteiger charge is -2.34. The van der Waals surface area contributed by atoms with E-state index in [0.29, 0.717) is 47.3 Å². The number of alkyl halides is 3. The Labute approximate surface area is 178 Å². The van der Waals surface area contributed by atoms with Crippen LogP contribution in [0.25, 0.3) is 21.2 Å². The van der Waals surface area contributed by atoms with Gasteiger partial charge in [0.2, 0.25) is 5.91 Å². The summed E-state index contributed by atoms with van der Waals surface area (Å²) >= 11 is 1.24. The molecule has 160 valence electrons. The largest absolute Gasteiger partial charge is 0.418 e. The van der Waals surface area contributed by atoms with Crippen LogP contribution in [0.1, 0.15) is 11.3 Å². The van der Waals surface area contributed by atoms with Gasteiger partial charge in [0, 0.05) is 31.6 Å². The van der Waals surface area contributed by atoms with Gasteiger partial charge in [-0.1, -0.05) is 34.7 Å². The second-order valence-electron chi connectivity index (χ2n) is 7.32. The molecule has 0 saturated carbocycles. The molecular formula is C21H17F3N4O2S. The molecule has 0 bridgehead atoms. The number of benzene rings is 2. The fourth-order valence-corrected chi connectivity index (χ4v) is 4.81. The van der Waals surface area contributed by atoms with Crippen molar-refractivity contribution in [2.45, 2.75) is 12.6 Å². The van der Waals surface area contributed by atoms with Gasteiger partial charge in [-0.15, -0.1) is 0 Å². The molecular weight excluding hydrogens is 429 g/mol. The van der Waals surface area contributed by atoms with Gasteiger partial charge < -0.3 is 14.3 Å². The number of aromatic nitrogens is 2. The average Bonchev–Trinajstić information content (AvgIpc) is 3.37. The van der Waals surface area contributed by atoms with Gasteiger partial charge in [-0.05, 0) is 24.3 Å². The van der Waals surface area contributed by atoms with E-state index in [0.717, 1.165) is 11.5 Å². The molecule has 0 aliphatic carbocycles. The maximum atomic E-state index is 13.3. The Hall–Kier alpha value is -3.14. The Bertz CT molecular complexity index is 1260. The van der Waals surface area contributed by atoms with Crippen molar-refractivity contribution in [2.24, 2.45) is 0 Å². The minimum Gasteiger partial charge on any atom is -0.356 e. The molecule has 6 nitrogen and oxygen atoms in total. The van der Waals surface area contributed by atoms with E-state index in [1.54, 1.807) is 17.0 Å². The fraction of sp³-hybridized carbons (Fsp3) is 0.286. The molecule has 1 aliphatic rings. The van der Waals surface area contributed by atoms with E-state index in [1.165, 1.54) is 17.4 Å². The molecule has 1 amide bonds. The second kappa shape index (κ2) is 7.52. The molecule has 0 spiro atoms. The number of piperazine rings is 1. The molecule has 0 N–H and O–H groups in total. The van der Waals surface area contributed by atoms with Crippen molar-refractivity contribution in [3.8, 4) is 0 Å². The Morgan fingerprint density at radius 2 is 1.84 bits per heavy atom. The minimum absolute atomic E-state index is 0.0218. The third-order valence-corrected chi connectivity index (χ3v) is 6.47. The normalized spacial score (nSPS) is 15.2. The SMILES string of the molecule is O=C(Cc1noc2ccccc12)N1CCN(c2nc3c(C(F)(F)F)cccc3s2)CC1. The minimum atomic E-state index is -4.44. The predicted octanol–water partition coefficient (Wildman–Crippen LogP) is 4.35. The lowest BCUT2D eigenvalue weighted by Crippen LogP contribution is -2.49. The summed E-state index contributed by atoms with van der Waals surface area (Å²) in [7, 11) is 0. The third kappa shape index (κ3) is 3.71. The zero-order valence-corrected chi connectivity index (χ0v) is 17.0. The summed E-state index contributed by atoms with van der Waals surface area (Å²) in [5, 5.41) is 5.38. The molecule has 2 aromatic carbocycles. The molecule has 5 rings (SSSR count). The van der Waals surface area contributed by atoms with Crippen LogP contribution >= 0.6 is 11.3 Å². The highest BCUT2D eigenvalue weighted by molar-refractivity contribution is 7.22. The molecule has 10 heteroatoms. The number of hydrogen-bond acceptors (Lipinski definition) is 6. The van der Waals surface area contributed by atoms with Crippen LogP contribution in [0.15, 0.2) is 47.0 Å². The van der Waals surface area contributed by atoms with E-state index in [1.807, 2.05) is 23.1 Å². The average molecular weight is 446 g/mol. The summed E-state index contributed by atoms with van der Waals surface area (Å²) in [6.45, 7) is 1.95. The number of nitrogens with zero attached hydrogens (tertiary/aromatic N) is 4. The summed E-state index contributed by atoms with van der Waals surface area (Å²) in [4.78, 5) is 20.7. The van der Waals surface area contributed by atoms with Crippen LogP contribution in [0.5, 0.6) is 0 Å². The molecule has 3 heterocycles. The van der Waals surface area contributed by atoms with Crippen LogP contribution < -0.4 is 4.90 Å². The lowest BCUT2D eigenvalue weighted by molar-refractivity contribution is -0.136. The smallest absolute Gasteiger partial charge is 0.356 e. The quantitative estimate of drug-likeness (QED) is 0.468. The van der Waals surface area contributed by atoms with Crippen molar-refractivity contribution < 1.29 is 22.5 Å². The van der Waals surface area contributed by atoms with E-state index in [9.17, 15) is 18.0 Å². The Morgan fingerprint density at radius 3 is 2.61 bits per heavy atom. The fourth-order valence-electron chi connectivity index (χ4n) is 3.77. The first-order chi connectivity index (χ1) is 14.9. The number of thiazole rings is 1. The van der Waals surface area contributed by atoms with Gasteiger partial charge in [0.15, 0.2) is 10.7 Å². The van der Waals surface area contributed by atoms with E-state index < -0.39 is 11.7 Å². The van der Waals surface area contributed by atoms with E-state index >= 15 is 0 Å². The zero-order valence-electron chi connectivity index (χ0n) is 16.2. The number of carbonyl (C=O) groups is 1. The maximum absolute atomic E-state index is 13.3. The van der Waals surface area contributed by atoms with E-state index in [4.69, 9.17) is 4.52 Å². The number of rotatable bonds is 3. The number of anilines is 1. The third-order valence-electron chi connectivity index (χ3n) is 5.39. The van der Waals surface area contributed by atoms with Crippen LogP contribution in [-0.2, 0) is 17.4 Å². The first-order valence-corrected chi connectivity index (χ1v) is 10.5. The van der Waals surface area contributed by atoms with Gasteiger partial charge in [0.25, 0.3) is 0 Å². The topological polar surface area (TPSA) is 62.5 Å². The van der Waals surface area contributed by atoms with Crippen LogP contribution in [0.4, 0.5) is 18.3 Å². The summed E-state index contributed by atoms with van der Waals surface area (Å²) in [6.07, 6.45) is -4.30.